The van der Waals surface area contributed by atoms with E-state index >= 15 is 0 Å². The molecule has 1 saturated heterocycles. The highest BCUT2D eigenvalue weighted by Gasteiger charge is 2.25. The molecular formula is C4H10NO2P. The molecule has 1 aliphatic heterocycles. The van der Waals surface area contributed by atoms with E-state index in [1.165, 1.54) is 0 Å². The van der Waals surface area contributed by atoms with Gasteiger partial charge < -0.3 is 10.2 Å². The molecule has 48 valence electrons. The van der Waals surface area contributed by atoms with E-state index in [1.54, 1.807) is 4.67 Å². The van der Waals surface area contributed by atoms with Crippen molar-refractivity contribution in [3.8, 4) is 0 Å². The number of hydrogen-bond acceptors (Lipinski definition) is 3. The monoisotopic (exact) mass is 135 g/mol. The zero-order valence-corrected chi connectivity index (χ0v) is 5.64. The molecule has 0 aliphatic carbocycles. The molecule has 8 heavy (non-hydrogen) atoms. The third-order valence-electron chi connectivity index (χ3n) is 1.29. The Hall–Kier alpha value is 0.310. The van der Waals surface area contributed by atoms with E-state index in [0.29, 0.717) is 13.0 Å². The summed E-state index contributed by atoms with van der Waals surface area (Å²) in [6.07, 6.45) is -0.332. The molecule has 0 bridgehead atoms. The number of hydrogen-bond donors (Lipinski definition) is 2. The van der Waals surface area contributed by atoms with Crippen molar-refractivity contribution in [3.63, 3.8) is 0 Å². The lowest BCUT2D eigenvalue weighted by Crippen LogP contribution is -2.17. The van der Waals surface area contributed by atoms with Crippen LogP contribution in [0.3, 0.4) is 0 Å². The largest absolute Gasteiger partial charge is 0.392 e. The molecule has 3 nitrogen and oxygen atoms in total. The maximum atomic E-state index is 8.91. The van der Waals surface area contributed by atoms with Crippen molar-refractivity contribution in [1.29, 1.82) is 0 Å². The Balaban J connectivity index is 2.39. The highest BCUT2D eigenvalue weighted by molar-refractivity contribution is 7.13. The minimum absolute atomic E-state index is 0.345. The Morgan fingerprint density at radius 1 is 1.50 bits per heavy atom. The van der Waals surface area contributed by atoms with Gasteiger partial charge in [0.15, 0.2) is 0 Å². The second-order valence-electron chi connectivity index (χ2n) is 2.07. The molecule has 0 radical (unpaired) electrons. The molecule has 1 rings (SSSR count). The van der Waals surface area contributed by atoms with Crippen LogP contribution in [0.5, 0.6) is 0 Å². The maximum absolute atomic E-state index is 8.91. The summed E-state index contributed by atoms with van der Waals surface area (Å²) in [5.74, 6) is 0. The van der Waals surface area contributed by atoms with Crippen LogP contribution in [0.15, 0.2) is 0 Å². The highest BCUT2D eigenvalue weighted by Crippen LogP contribution is 2.18. The molecule has 1 aliphatic rings. The molecule has 1 heterocycles. The first-order chi connectivity index (χ1) is 3.70. The quantitative estimate of drug-likeness (QED) is 0.426. The maximum Gasteiger partial charge on any atom is 0.112 e. The van der Waals surface area contributed by atoms with Gasteiger partial charge in [0.25, 0.3) is 0 Å². The summed E-state index contributed by atoms with van der Waals surface area (Å²) in [6.45, 7) is 0.561. The summed E-state index contributed by atoms with van der Waals surface area (Å²) in [5.41, 5.74) is 0. The minimum Gasteiger partial charge on any atom is -0.392 e. The molecule has 2 N–H and O–H groups in total. The molecule has 0 aromatic heterocycles. The van der Waals surface area contributed by atoms with Gasteiger partial charge in [0, 0.05) is 13.0 Å². The smallest absolute Gasteiger partial charge is 0.112 e. The lowest BCUT2D eigenvalue weighted by Gasteiger charge is -2.10. The number of aliphatic hydroxyl groups is 2. The van der Waals surface area contributed by atoms with E-state index in [4.69, 9.17) is 10.2 Å². The van der Waals surface area contributed by atoms with Gasteiger partial charge in [0.1, 0.15) is 6.23 Å². The summed E-state index contributed by atoms with van der Waals surface area (Å²) < 4.78 is 1.64. The topological polar surface area (TPSA) is 43.7 Å². The highest BCUT2D eigenvalue weighted by atomic mass is 31.0. The standard InChI is InChI=1S/C4H10NO2P/c6-3-1-4(7)5(8)2-3/h3-4,6-7H,1-2,8H2. The van der Waals surface area contributed by atoms with Gasteiger partial charge in [-0.3, -0.25) is 4.67 Å². The zero-order chi connectivity index (χ0) is 6.15. The average Bonchev–Trinajstić information content (AvgIpc) is 1.85. The zero-order valence-electron chi connectivity index (χ0n) is 4.49. The molecule has 0 aromatic rings. The van der Waals surface area contributed by atoms with Gasteiger partial charge in [0.05, 0.1) is 6.10 Å². The van der Waals surface area contributed by atoms with Crippen LogP contribution in [0, 0.1) is 0 Å². The SMILES string of the molecule is OC1CC(O)N(P)C1. The van der Waals surface area contributed by atoms with E-state index in [1.807, 2.05) is 0 Å². The normalized spacial score (nSPS) is 40.9. The van der Waals surface area contributed by atoms with E-state index in [0.717, 1.165) is 0 Å². The van der Waals surface area contributed by atoms with E-state index in [2.05, 4.69) is 9.39 Å². The average molecular weight is 135 g/mol. The Morgan fingerprint density at radius 2 is 2.12 bits per heavy atom. The molecule has 0 saturated carbocycles. The third kappa shape index (κ3) is 1.17. The van der Waals surface area contributed by atoms with Gasteiger partial charge in [-0.2, -0.15) is 0 Å². The summed E-state index contributed by atoms with van der Waals surface area (Å²) in [7, 11) is 2.36. The van der Waals surface area contributed by atoms with E-state index < -0.39 is 6.23 Å². The van der Waals surface area contributed by atoms with Crippen molar-refractivity contribution in [2.24, 2.45) is 0 Å². The summed E-state index contributed by atoms with van der Waals surface area (Å²) in [4.78, 5) is 0. The Bertz CT molecular complexity index is 80.1. The number of β-amino-alcohol motifs (C(OH)–C–C–N with tert-alkyl or cyclic N) is 1. The number of rotatable bonds is 0. The fourth-order valence-electron chi connectivity index (χ4n) is 0.818. The van der Waals surface area contributed by atoms with Crippen LogP contribution in [0.25, 0.3) is 0 Å². The molecule has 3 unspecified atom stereocenters. The van der Waals surface area contributed by atoms with Gasteiger partial charge >= 0.3 is 0 Å². The van der Waals surface area contributed by atoms with Crippen molar-refractivity contribution >= 4 is 9.39 Å². The van der Waals surface area contributed by atoms with Gasteiger partial charge in [-0.1, -0.05) is 9.39 Å². The number of aliphatic hydroxyl groups excluding tert-OH is 2. The van der Waals surface area contributed by atoms with E-state index in [9.17, 15) is 0 Å². The lowest BCUT2D eigenvalue weighted by atomic mass is 10.3. The van der Waals surface area contributed by atoms with Crippen molar-refractivity contribution in [2.75, 3.05) is 6.54 Å². The predicted octanol–water partition coefficient (Wildman–Crippen LogP) is -0.839. The van der Waals surface area contributed by atoms with Crippen LogP contribution in [0.2, 0.25) is 0 Å². The van der Waals surface area contributed by atoms with Crippen LogP contribution in [-0.2, 0) is 0 Å². The van der Waals surface area contributed by atoms with Crippen molar-refractivity contribution in [2.45, 2.75) is 18.8 Å². The molecule has 0 amide bonds. The van der Waals surface area contributed by atoms with Crippen molar-refractivity contribution < 1.29 is 10.2 Å². The first-order valence-corrected chi connectivity index (χ1v) is 3.09. The van der Waals surface area contributed by atoms with Crippen LogP contribution in [-0.4, -0.2) is 33.8 Å². The molecule has 4 heteroatoms. The fourth-order valence-corrected chi connectivity index (χ4v) is 1.18. The van der Waals surface area contributed by atoms with Gasteiger partial charge in [-0.15, -0.1) is 0 Å². The van der Waals surface area contributed by atoms with Gasteiger partial charge in [0.2, 0.25) is 0 Å². The predicted molar refractivity (Wildman–Crippen MR) is 33.0 cm³/mol. The Labute approximate surface area is 50.6 Å². The summed E-state index contributed by atoms with van der Waals surface area (Å²) in [5, 5.41) is 17.8. The molecular weight excluding hydrogens is 125 g/mol. The molecule has 3 atom stereocenters. The second-order valence-corrected chi connectivity index (χ2v) is 2.73. The Morgan fingerprint density at radius 3 is 2.25 bits per heavy atom. The van der Waals surface area contributed by atoms with E-state index in [-0.39, 0.29) is 6.10 Å². The number of nitrogens with zero attached hydrogens (tertiary/aromatic N) is 1. The third-order valence-corrected chi connectivity index (χ3v) is 1.84. The van der Waals surface area contributed by atoms with Gasteiger partial charge in [-0.05, 0) is 0 Å². The minimum atomic E-state index is -0.463. The first kappa shape index (κ1) is 6.43. The Kier molecular flexibility index (Phi) is 1.83. The van der Waals surface area contributed by atoms with Crippen LogP contribution < -0.4 is 0 Å². The molecule has 1 fully saturated rings. The van der Waals surface area contributed by atoms with Gasteiger partial charge in [-0.25, -0.2) is 0 Å². The van der Waals surface area contributed by atoms with Crippen molar-refractivity contribution in [3.05, 3.63) is 0 Å². The summed E-state index contributed by atoms with van der Waals surface area (Å²) >= 11 is 0. The van der Waals surface area contributed by atoms with Crippen molar-refractivity contribution in [1.82, 2.24) is 4.67 Å². The van der Waals surface area contributed by atoms with Crippen LogP contribution in [0.1, 0.15) is 6.42 Å². The lowest BCUT2D eigenvalue weighted by molar-refractivity contribution is 0.0955. The first-order valence-electron chi connectivity index (χ1n) is 2.57. The fraction of sp³-hybridized carbons (Fsp3) is 1.00. The second kappa shape index (κ2) is 2.28. The van der Waals surface area contributed by atoms with Crippen LogP contribution in [0.4, 0.5) is 0 Å². The van der Waals surface area contributed by atoms with Crippen LogP contribution >= 0.6 is 9.39 Å². The summed E-state index contributed by atoms with van der Waals surface area (Å²) in [6, 6.07) is 0. The molecule has 0 aromatic carbocycles. The molecule has 0 spiro atoms.